The quantitative estimate of drug-likeness (QED) is 0.0302. The van der Waals surface area contributed by atoms with Gasteiger partial charge in [0.1, 0.15) is 65.3 Å². The van der Waals surface area contributed by atoms with Gasteiger partial charge >= 0.3 is 41.8 Å². The maximum atomic E-state index is 15.2. The molecule has 0 radical (unpaired) electrons. The molecular weight excluding hydrogens is 1390 g/mol. The van der Waals surface area contributed by atoms with Gasteiger partial charge in [-0.3, -0.25) is 24.0 Å². The van der Waals surface area contributed by atoms with Gasteiger partial charge in [-0.2, -0.15) is 0 Å². The van der Waals surface area contributed by atoms with Crippen molar-refractivity contribution in [3.8, 4) is 0 Å². The van der Waals surface area contributed by atoms with Crippen molar-refractivity contribution < 1.29 is 111 Å². The Labute approximate surface area is 621 Å². The van der Waals surface area contributed by atoms with Gasteiger partial charge in [-0.1, -0.05) is 152 Å². The van der Waals surface area contributed by atoms with Crippen LogP contribution < -0.4 is 0 Å². The standard InChI is InChI=1S/C42H49ClO12.C40H48O11/c1-22(26-14-10-8-11-15-26)33(53-31(46)20-43)38(49)52-28-19-42(50)36(54-37(48)27-16-12-9-13-17-27)34-40(7,35(47)24(3)32(23(28)2)39(42,5)6)29(45)18-30-41(34,21-51-30)55-25(4)44;1-21(25-14-10-8-11-15-25)31(43)36(46)49-27-19-40(47)34(50-35(45)26-16-12-9-13-17-26)32-38(7,33(44)23(3)30(22(27)2)37(40,5)6)28(42)18-29-39(32,20-48-29)51-24(4)41/h8-17,22,24,28-30,33-34,36,45,50H,18-21H2,1-7H3;8-17,21,23,27-29,31-32,34,42-43,47H,18-20H2,1-7H3/t22-,24+,28-,29-,30+,33+,34-,36-,40+,41-,42+;21-,23+,27-,28-,29+,31+,32-,34-,38+,39-,40+/m00/s1. The van der Waals surface area contributed by atoms with Crippen LogP contribution in [-0.2, 0) is 76.2 Å². The predicted molar refractivity (Wildman–Crippen MR) is 381 cm³/mol. The summed E-state index contributed by atoms with van der Waals surface area (Å²) in [5.41, 5.74) is -9.84. The van der Waals surface area contributed by atoms with Gasteiger partial charge in [-0.15, -0.1) is 11.6 Å². The first-order chi connectivity index (χ1) is 49.8. The molecule has 6 aliphatic carbocycles. The van der Waals surface area contributed by atoms with Gasteiger partial charge in [0.15, 0.2) is 17.3 Å². The Morgan fingerprint density at radius 2 is 0.887 bits per heavy atom. The highest BCUT2D eigenvalue weighted by Crippen LogP contribution is 2.67. The van der Waals surface area contributed by atoms with Crippen LogP contribution in [0.25, 0.3) is 0 Å². The lowest BCUT2D eigenvalue weighted by Crippen LogP contribution is -2.81. The average Bonchev–Trinajstić information content (AvgIpc) is 0.676. The monoisotopic (exact) mass is 1480 g/mol. The highest BCUT2D eigenvalue weighted by Gasteiger charge is 2.80. The molecular formula is C82H97ClO23. The van der Waals surface area contributed by atoms with Crippen LogP contribution >= 0.6 is 11.6 Å². The van der Waals surface area contributed by atoms with Crippen LogP contribution in [0.15, 0.2) is 144 Å². The maximum Gasteiger partial charge on any atom is 0.348 e. The van der Waals surface area contributed by atoms with E-state index in [2.05, 4.69) is 0 Å². The molecule has 2 aliphatic heterocycles. The van der Waals surface area contributed by atoms with Crippen LogP contribution in [0.3, 0.4) is 0 Å². The van der Waals surface area contributed by atoms with Crippen molar-refractivity contribution >= 4 is 65.0 Å². The fourth-order valence-electron chi connectivity index (χ4n) is 19.6. The number of carbonyl (C=O) groups is 9. The Hall–Kier alpha value is -8.00. The van der Waals surface area contributed by atoms with E-state index < -0.39 is 200 Å². The van der Waals surface area contributed by atoms with E-state index >= 15 is 9.59 Å². The van der Waals surface area contributed by atoms with Gasteiger partial charge in [0.25, 0.3) is 0 Å². The van der Waals surface area contributed by atoms with E-state index in [0.717, 1.165) is 5.56 Å². The van der Waals surface area contributed by atoms with Gasteiger partial charge in [0.2, 0.25) is 6.10 Å². The third kappa shape index (κ3) is 12.8. The molecule has 0 spiro atoms. The minimum Gasteiger partial charge on any atom is -0.456 e. The minimum absolute atomic E-state index is 0.0321. The van der Waals surface area contributed by atoms with Crippen LogP contribution in [0, 0.1) is 45.3 Å². The summed E-state index contributed by atoms with van der Waals surface area (Å²) in [5, 5.41) is 61.9. The molecule has 8 aliphatic rings. The molecule has 6 fully saturated rings. The smallest absolute Gasteiger partial charge is 0.348 e. The number of carbonyl (C=O) groups excluding carboxylic acids is 9. The van der Waals surface area contributed by atoms with Crippen molar-refractivity contribution in [1.82, 2.24) is 0 Å². The normalized spacial score (nSPS) is 35.5. The van der Waals surface area contributed by atoms with E-state index in [0.29, 0.717) is 27.9 Å². The fourth-order valence-corrected chi connectivity index (χ4v) is 19.6. The average molecular weight is 1490 g/mol. The Bertz CT molecular complexity index is 4140. The minimum atomic E-state index is -2.14. The second-order valence-electron chi connectivity index (χ2n) is 31.7. The molecule has 12 rings (SSSR count). The molecule has 0 amide bonds. The van der Waals surface area contributed by atoms with Crippen molar-refractivity contribution in [3.05, 3.63) is 166 Å². The van der Waals surface area contributed by atoms with Gasteiger partial charge in [0, 0.05) is 74.0 Å². The summed E-state index contributed by atoms with van der Waals surface area (Å²) in [6, 6.07) is 34.2. The third-order valence-corrected chi connectivity index (χ3v) is 25.6. The largest absolute Gasteiger partial charge is 0.456 e. The summed E-state index contributed by atoms with van der Waals surface area (Å²) in [5.74, 6) is -12.9. The Morgan fingerprint density at radius 3 is 1.23 bits per heavy atom. The lowest BCUT2D eigenvalue weighted by molar-refractivity contribution is -0.345. The topological polar surface area (TPSA) is 338 Å². The summed E-state index contributed by atoms with van der Waals surface area (Å²) in [6.07, 6.45) is -13.8. The van der Waals surface area contributed by atoms with Crippen molar-refractivity contribution in [3.63, 3.8) is 0 Å². The van der Waals surface area contributed by atoms with Crippen molar-refractivity contribution in [1.29, 1.82) is 0 Å². The second-order valence-corrected chi connectivity index (χ2v) is 32.0. The Kier molecular flexibility index (Phi) is 21.8. The lowest BCUT2D eigenvalue weighted by Gasteiger charge is -2.67. The first-order valence-corrected chi connectivity index (χ1v) is 36.7. The Morgan fingerprint density at radius 1 is 0.538 bits per heavy atom. The van der Waals surface area contributed by atoms with Crippen LogP contribution in [0.2, 0.25) is 0 Å². The van der Waals surface area contributed by atoms with Crippen LogP contribution in [-0.4, -0.2) is 181 Å². The number of ether oxygens (including phenoxy) is 9. The number of Topliss-reactive ketones (excluding diaryl/α,β-unsaturated/α-hetero) is 2. The zero-order valence-corrected chi connectivity index (χ0v) is 63.0. The summed E-state index contributed by atoms with van der Waals surface area (Å²) < 4.78 is 54.5. The van der Waals surface area contributed by atoms with Crippen molar-refractivity contribution in [2.75, 3.05) is 19.1 Å². The summed E-state index contributed by atoms with van der Waals surface area (Å²) in [4.78, 5) is 124. The number of alkyl halides is 1. The first kappa shape index (κ1) is 79.1. The van der Waals surface area contributed by atoms with Crippen LogP contribution in [0.5, 0.6) is 0 Å². The molecule has 23 nitrogen and oxygen atoms in total. The molecule has 2 saturated heterocycles. The number of hydrogen-bond donors (Lipinski definition) is 5. The molecule has 570 valence electrons. The molecule has 4 bridgehead atoms. The molecule has 2 heterocycles. The summed E-state index contributed by atoms with van der Waals surface area (Å²) in [7, 11) is 0. The number of fused-ring (bicyclic) bond motifs is 10. The van der Waals surface area contributed by atoms with Crippen molar-refractivity contribution in [2.45, 2.75) is 218 Å². The second kappa shape index (κ2) is 29.2. The highest BCUT2D eigenvalue weighted by atomic mass is 35.5. The summed E-state index contributed by atoms with van der Waals surface area (Å²) in [6.45, 7) is 22.4. The number of ketones is 2. The molecule has 4 saturated carbocycles. The van der Waals surface area contributed by atoms with Crippen molar-refractivity contribution in [2.24, 2.45) is 45.3 Å². The number of esters is 7. The van der Waals surface area contributed by atoms with Gasteiger partial charge < -0.3 is 68.2 Å². The van der Waals surface area contributed by atoms with E-state index in [1.54, 1.807) is 180 Å². The summed E-state index contributed by atoms with van der Waals surface area (Å²) >= 11 is 5.79. The highest BCUT2D eigenvalue weighted by molar-refractivity contribution is 6.26. The maximum absolute atomic E-state index is 15.2. The van der Waals surface area contributed by atoms with Crippen LogP contribution in [0.4, 0.5) is 0 Å². The van der Waals surface area contributed by atoms with Gasteiger partial charge in [-0.25, -0.2) is 19.2 Å². The molecule has 0 unspecified atom stereocenters. The third-order valence-electron chi connectivity index (χ3n) is 25.4. The number of aliphatic hydroxyl groups is 5. The lowest BCUT2D eigenvalue weighted by atomic mass is 9.43. The van der Waals surface area contributed by atoms with E-state index in [9.17, 15) is 59.1 Å². The van der Waals surface area contributed by atoms with Gasteiger partial charge in [0.05, 0.1) is 59.2 Å². The zero-order valence-electron chi connectivity index (χ0n) is 62.2. The molecule has 4 aromatic carbocycles. The molecule has 5 N–H and O–H groups in total. The number of hydrogen-bond acceptors (Lipinski definition) is 23. The molecule has 106 heavy (non-hydrogen) atoms. The number of halogens is 1. The molecule has 22 atom stereocenters. The fraction of sp³-hybridized carbons (Fsp3) is 0.549. The molecule has 4 aromatic rings. The predicted octanol–water partition coefficient (Wildman–Crippen LogP) is 8.93. The molecule has 24 heteroatoms. The van der Waals surface area contributed by atoms with E-state index in [4.69, 9.17) is 54.2 Å². The van der Waals surface area contributed by atoms with E-state index in [-0.39, 0.29) is 50.0 Å². The van der Waals surface area contributed by atoms with Gasteiger partial charge in [-0.05, 0) is 85.4 Å². The number of benzene rings is 4. The number of rotatable bonds is 16. The van der Waals surface area contributed by atoms with E-state index in [1.165, 1.54) is 26.0 Å². The number of aliphatic hydroxyl groups excluding tert-OH is 3. The molecule has 0 aromatic heterocycles. The Balaban J connectivity index is 0.000000212. The zero-order chi connectivity index (χ0) is 77.5. The first-order valence-electron chi connectivity index (χ1n) is 36.2. The SMILES string of the molecule is CC(=O)O[C@@]12CO[C@@H]1C[C@H](O)[C@@]1(C)C(=O)[C@H](C)C3=C(C)[C@@H](OC(=O)[C@H](O)[C@@H](C)c4ccccc4)C[C@@](O)([C@@H](OC(=O)c4ccccc4)[C@H]21)C3(C)C.CC(=O)O[C@@]12CO[C@@H]1C[C@H](O)[C@@]1(C)C(=O)[C@H](C)C3=C(C)[C@@H](OC(=O)[C@H](OC(=O)CCl)[C@@H](C)c4ccccc4)C[C@@](O)([C@@H](OC(=O)c4ccccc4)[C@H]21)C3(C)C. The van der Waals surface area contributed by atoms with Crippen LogP contribution in [0.1, 0.15) is 166 Å². The van der Waals surface area contributed by atoms with E-state index in [1.807, 2.05) is 12.1 Å².